The van der Waals surface area contributed by atoms with E-state index in [-0.39, 0.29) is 30.1 Å². The summed E-state index contributed by atoms with van der Waals surface area (Å²) in [7, 11) is 1.52. The minimum atomic E-state index is -0.401. The zero-order valence-corrected chi connectivity index (χ0v) is 15.7. The first-order valence-corrected chi connectivity index (χ1v) is 8.96. The van der Waals surface area contributed by atoms with Crippen LogP contribution in [0.4, 0.5) is 4.39 Å². The minimum absolute atomic E-state index is 0.140. The number of ether oxygens (including phenoxy) is 1. The van der Waals surface area contributed by atoms with E-state index in [9.17, 15) is 14.0 Å². The maximum absolute atomic E-state index is 13.6. The van der Waals surface area contributed by atoms with Crippen LogP contribution < -0.4 is 10.1 Å². The van der Waals surface area contributed by atoms with E-state index in [0.717, 1.165) is 6.42 Å². The maximum Gasteiger partial charge on any atom is 0.289 e. The van der Waals surface area contributed by atoms with E-state index in [1.807, 2.05) is 0 Å². The molecule has 0 saturated carbocycles. The Labute approximate surface area is 158 Å². The van der Waals surface area contributed by atoms with Crippen LogP contribution in [0.1, 0.15) is 35.0 Å². The number of fused-ring (bicyclic) bond motifs is 1. The van der Waals surface area contributed by atoms with Gasteiger partial charge in [0.2, 0.25) is 5.91 Å². The third kappa shape index (κ3) is 4.24. The highest BCUT2D eigenvalue weighted by molar-refractivity contribution is 9.10. The second-order valence-corrected chi connectivity index (χ2v) is 6.84. The molecule has 0 bridgehead atoms. The Morgan fingerprint density at radius 3 is 2.88 bits per heavy atom. The fraction of sp³-hybridized carbons (Fsp3) is 0.333. The molecule has 0 aliphatic carbocycles. The third-order valence-corrected chi connectivity index (χ3v) is 4.51. The summed E-state index contributed by atoms with van der Waals surface area (Å²) in [6.07, 6.45) is 1.36. The predicted octanol–water partition coefficient (Wildman–Crippen LogP) is 3.28. The van der Waals surface area contributed by atoms with Crippen LogP contribution in [0.15, 0.2) is 39.4 Å². The lowest BCUT2D eigenvalue weighted by Crippen LogP contribution is -2.39. The summed E-state index contributed by atoms with van der Waals surface area (Å²) in [4.78, 5) is 25.9. The molecule has 2 amide bonds. The number of nitrogens with one attached hydrogen (secondary N) is 1. The number of benzene rings is 1. The van der Waals surface area contributed by atoms with Crippen molar-refractivity contribution in [2.75, 3.05) is 20.2 Å². The van der Waals surface area contributed by atoms with Gasteiger partial charge in [-0.15, -0.1) is 0 Å². The highest BCUT2D eigenvalue weighted by Crippen LogP contribution is 2.32. The second-order valence-electron chi connectivity index (χ2n) is 6.06. The lowest BCUT2D eigenvalue weighted by atomic mass is 10.0. The molecule has 0 spiro atoms. The Morgan fingerprint density at radius 2 is 2.15 bits per heavy atom. The molecule has 1 aliphatic rings. The van der Waals surface area contributed by atoms with E-state index in [4.69, 9.17) is 9.15 Å². The van der Waals surface area contributed by atoms with Crippen molar-refractivity contribution in [2.45, 2.75) is 18.9 Å². The molecule has 1 aromatic heterocycles. The van der Waals surface area contributed by atoms with Crippen LogP contribution in [-0.2, 0) is 4.79 Å². The molecule has 26 heavy (non-hydrogen) atoms. The Balaban J connectivity index is 1.66. The van der Waals surface area contributed by atoms with Gasteiger partial charge < -0.3 is 19.4 Å². The molecular weight excluding hydrogens is 407 g/mol. The number of rotatable bonds is 4. The number of amides is 2. The van der Waals surface area contributed by atoms with E-state index < -0.39 is 5.91 Å². The number of halogens is 2. The predicted molar refractivity (Wildman–Crippen MR) is 95.4 cm³/mol. The Kier molecular flexibility index (Phi) is 5.61. The fourth-order valence-corrected chi connectivity index (χ4v) is 3.15. The number of carbonyl (C=O) groups is 2. The van der Waals surface area contributed by atoms with E-state index in [0.29, 0.717) is 29.0 Å². The SMILES string of the molecule is CN(CC(=O)N[C@@H]1CCCOc2ccc(F)cc21)C(=O)c1ccc(Br)o1. The first-order chi connectivity index (χ1) is 12.4. The van der Waals surface area contributed by atoms with Crippen LogP contribution in [0.2, 0.25) is 0 Å². The minimum Gasteiger partial charge on any atom is -0.493 e. The molecule has 6 nitrogen and oxygen atoms in total. The molecule has 1 N–H and O–H groups in total. The summed E-state index contributed by atoms with van der Waals surface area (Å²) in [5, 5.41) is 2.87. The maximum atomic E-state index is 13.6. The molecule has 138 valence electrons. The molecule has 3 rings (SSSR count). The van der Waals surface area contributed by atoms with Crippen molar-refractivity contribution < 1.29 is 23.1 Å². The summed E-state index contributed by atoms with van der Waals surface area (Å²) in [5.41, 5.74) is 0.611. The van der Waals surface area contributed by atoms with Crippen molar-refractivity contribution in [2.24, 2.45) is 0 Å². The van der Waals surface area contributed by atoms with E-state index in [2.05, 4.69) is 21.2 Å². The zero-order valence-electron chi connectivity index (χ0n) is 14.1. The van der Waals surface area contributed by atoms with Crippen LogP contribution in [-0.4, -0.2) is 36.9 Å². The number of carbonyl (C=O) groups excluding carboxylic acids is 2. The highest BCUT2D eigenvalue weighted by atomic mass is 79.9. The quantitative estimate of drug-likeness (QED) is 0.817. The third-order valence-electron chi connectivity index (χ3n) is 4.09. The lowest BCUT2D eigenvalue weighted by molar-refractivity contribution is -0.122. The van der Waals surface area contributed by atoms with Gasteiger partial charge in [-0.25, -0.2) is 4.39 Å². The van der Waals surface area contributed by atoms with Crippen LogP contribution in [0.25, 0.3) is 0 Å². The standard InChI is InChI=1S/C18H18BrFN2O4/c1-22(18(24)15-6-7-16(19)26-15)10-17(23)21-13-3-2-8-25-14-5-4-11(20)9-12(13)14/h4-7,9,13H,2-3,8,10H2,1H3,(H,21,23)/t13-/m1/s1. The average molecular weight is 425 g/mol. The van der Waals surface area contributed by atoms with Gasteiger partial charge in [-0.05, 0) is 59.1 Å². The molecular formula is C18H18BrFN2O4. The molecule has 1 aromatic carbocycles. The van der Waals surface area contributed by atoms with E-state index >= 15 is 0 Å². The van der Waals surface area contributed by atoms with Gasteiger partial charge in [0.1, 0.15) is 11.6 Å². The molecule has 1 atom stereocenters. The average Bonchev–Trinajstić information content (AvgIpc) is 2.94. The van der Waals surface area contributed by atoms with Gasteiger partial charge in [-0.2, -0.15) is 0 Å². The van der Waals surface area contributed by atoms with E-state index in [1.54, 1.807) is 12.1 Å². The topological polar surface area (TPSA) is 71.8 Å². The van der Waals surface area contributed by atoms with Gasteiger partial charge in [0.25, 0.3) is 5.91 Å². The number of likely N-dealkylation sites (N-methyl/N-ethyl adjacent to an activating group) is 1. The van der Waals surface area contributed by atoms with Crippen molar-refractivity contribution in [1.82, 2.24) is 10.2 Å². The highest BCUT2D eigenvalue weighted by Gasteiger charge is 2.24. The molecule has 1 aliphatic heterocycles. The molecule has 0 fully saturated rings. The summed E-state index contributed by atoms with van der Waals surface area (Å²) < 4.78 is 24.9. The summed E-state index contributed by atoms with van der Waals surface area (Å²) >= 11 is 3.14. The smallest absolute Gasteiger partial charge is 0.289 e. The molecule has 0 radical (unpaired) electrons. The van der Waals surface area contributed by atoms with E-state index in [1.165, 1.54) is 30.1 Å². The monoisotopic (exact) mass is 424 g/mol. The number of furan rings is 1. The van der Waals surface area contributed by atoms with Gasteiger partial charge in [-0.3, -0.25) is 9.59 Å². The van der Waals surface area contributed by atoms with Gasteiger partial charge in [0.05, 0.1) is 19.2 Å². The zero-order chi connectivity index (χ0) is 18.7. The van der Waals surface area contributed by atoms with Crippen molar-refractivity contribution in [3.8, 4) is 5.75 Å². The fourth-order valence-electron chi connectivity index (χ4n) is 2.84. The summed E-state index contributed by atoms with van der Waals surface area (Å²) in [6, 6.07) is 7.05. The Hall–Kier alpha value is -2.35. The molecule has 2 heterocycles. The number of nitrogens with zero attached hydrogens (tertiary/aromatic N) is 1. The first-order valence-electron chi connectivity index (χ1n) is 8.16. The van der Waals surface area contributed by atoms with Crippen LogP contribution >= 0.6 is 15.9 Å². The molecule has 0 saturated heterocycles. The number of hydrogen-bond donors (Lipinski definition) is 1. The molecule has 2 aromatic rings. The number of hydrogen-bond acceptors (Lipinski definition) is 4. The Morgan fingerprint density at radius 1 is 1.35 bits per heavy atom. The van der Waals surface area contributed by atoms with Gasteiger partial charge in [0.15, 0.2) is 10.4 Å². The van der Waals surface area contributed by atoms with Crippen LogP contribution in [0, 0.1) is 5.82 Å². The lowest BCUT2D eigenvalue weighted by Gasteiger charge is -2.21. The van der Waals surface area contributed by atoms with Crippen LogP contribution in [0.5, 0.6) is 5.75 Å². The van der Waals surface area contributed by atoms with Crippen LogP contribution in [0.3, 0.4) is 0 Å². The molecule has 8 heteroatoms. The summed E-state index contributed by atoms with van der Waals surface area (Å²) in [6.45, 7) is 0.371. The summed E-state index contributed by atoms with van der Waals surface area (Å²) in [5.74, 6) is -0.416. The van der Waals surface area contributed by atoms with Crippen molar-refractivity contribution >= 4 is 27.7 Å². The van der Waals surface area contributed by atoms with Crippen molar-refractivity contribution in [3.05, 3.63) is 52.1 Å². The van der Waals surface area contributed by atoms with Crippen molar-refractivity contribution in [1.29, 1.82) is 0 Å². The largest absolute Gasteiger partial charge is 0.493 e. The van der Waals surface area contributed by atoms with Gasteiger partial charge in [0, 0.05) is 12.6 Å². The van der Waals surface area contributed by atoms with Gasteiger partial charge >= 0.3 is 0 Å². The van der Waals surface area contributed by atoms with Gasteiger partial charge in [-0.1, -0.05) is 0 Å². The molecule has 0 unspecified atom stereocenters. The Bertz CT molecular complexity index is 823. The second kappa shape index (κ2) is 7.90. The normalized spacial score (nSPS) is 16.2. The first kappa shape index (κ1) is 18.4. The van der Waals surface area contributed by atoms with Crippen molar-refractivity contribution in [3.63, 3.8) is 0 Å².